The second-order valence-electron chi connectivity index (χ2n) is 4.05. The van der Waals surface area contributed by atoms with Crippen molar-refractivity contribution in [3.05, 3.63) is 58.6 Å². The summed E-state index contributed by atoms with van der Waals surface area (Å²) in [5.41, 5.74) is 3.15. The van der Waals surface area contributed by atoms with E-state index in [9.17, 15) is 4.79 Å². The van der Waals surface area contributed by atoms with Gasteiger partial charge in [0.15, 0.2) is 0 Å². The van der Waals surface area contributed by atoms with E-state index < -0.39 is 5.97 Å². The molecule has 0 saturated carbocycles. The van der Waals surface area contributed by atoms with Crippen molar-refractivity contribution in [2.24, 2.45) is 0 Å². The lowest BCUT2D eigenvalue weighted by atomic mass is 10.0. The standard InChI is InChI=1S/C15H13ClO2/c1-2-10-4-3-5-11(8-10)13-9-12(15(17)18)6-7-14(13)16/h3-9H,2H2,1H3,(H,17,18). The molecule has 92 valence electrons. The Kier molecular flexibility index (Phi) is 3.68. The molecule has 0 aliphatic heterocycles. The number of carboxylic acid groups (broad SMARTS) is 1. The van der Waals surface area contributed by atoms with Crippen molar-refractivity contribution in [2.75, 3.05) is 0 Å². The zero-order valence-electron chi connectivity index (χ0n) is 9.98. The zero-order valence-corrected chi connectivity index (χ0v) is 10.7. The maximum Gasteiger partial charge on any atom is 0.335 e. The van der Waals surface area contributed by atoms with Gasteiger partial charge in [0, 0.05) is 10.6 Å². The summed E-state index contributed by atoms with van der Waals surface area (Å²) < 4.78 is 0. The molecule has 0 aliphatic carbocycles. The second kappa shape index (κ2) is 5.23. The van der Waals surface area contributed by atoms with Crippen LogP contribution in [0.1, 0.15) is 22.8 Å². The number of hydrogen-bond acceptors (Lipinski definition) is 1. The van der Waals surface area contributed by atoms with Crippen LogP contribution < -0.4 is 0 Å². The molecule has 18 heavy (non-hydrogen) atoms. The molecule has 0 atom stereocenters. The molecule has 2 aromatic rings. The lowest BCUT2D eigenvalue weighted by molar-refractivity contribution is 0.0697. The number of hydrogen-bond donors (Lipinski definition) is 1. The van der Waals surface area contributed by atoms with Crippen molar-refractivity contribution in [1.29, 1.82) is 0 Å². The molecule has 0 heterocycles. The van der Waals surface area contributed by atoms with E-state index in [1.165, 1.54) is 11.6 Å². The Morgan fingerprint density at radius 2 is 2.00 bits per heavy atom. The van der Waals surface area contributed by atoms with Crippen molar-refractivity contribution in [1.82, 2.24) is 0 Å². The molecule has 0 unspecified atom stereocenters. The maximum absolute atomic E-state index is 11.0. The van der Waals surface area contributed by atoms with Gasteiger partial charge in [0.1, 0.15) is 0 Å². The van der Waals surface area contributed by atoms with E-state index in [1.54, 1.807) is 12.1 Å². The number of carbonyl (C=O) groups is 1. The van der Waals surface area contributed by atoms with Crippen LogP contribution in [0.15, 0.2) is 42.5 Å². The second-order valence-corrected chi connectivity index (χ2v) is 4.46. The first-order valence-corrected chi connectivity index (χ1v) is 6.11. The molecule has 1 N–H and O–H groups in total. The maximum atomic E-state index is 11.0. The molecule has 0 radical (unpaired) electrons. The Hall–Kier alpha value is -1.80. The number of halogens is 1. The average molecular weight is 261 g/mol. The van der Waals surface area contributed by atoms with Crippen molar-refractivity contribution in [3.8, 4) is 11.1 Å². The van der Waals surface area contributed by atoms with Crippen LogP contribution in [0.4, 0.5) is 0 Å². The Balaban J connectivity index is 2.54. The molecule has 2 rings (SSSR count). The summed E-state index contributed by atoms with van der Waals surface area (Å²) in [7, 11) is 0. The highest BCUT2D eigenvalue weighted by molar-refractivity contribution is 6.33. The number of rotatable bonds is 3. The number of aryl methyl sites for hydroxylation is 1. The van der Waals surface area contributed by atoms with Gasteiger partial charge in [-0.05, 0) is 35.7 Å². The molecule has 0 aliphatic rings. The minimum absolute atomic E-state index is 0.247. The predicted octanol–water partition coefficient (Wildman–Crippen LogP) is 4.27. The van der Waals surface area contributed by atoms with Gasteiger partial charge in [0.05, 0.1) is 5.56 Å². The van der Waals surface area contributed by atoms with Gasteiger partial charge >= 0.3 is 5.97 Å². The molecule has 0 aromatic heterocycles. The molecule has 0 amide bonds. The molecule has 3 heteroatoms. The molecule has 2 nitrogen and oxygen atoms in total. The highest BCUT2D eigenvalue weighted by Crippen LogP contribution is 2.29. The van der Waals surface area contributed by atoms with Gasteiger partial charge in [-0.25, -0.2) is 4.79 Å². The first-order chi connectivity index (χ1) is 8.61. The first kappa shape index (κ1) is 12.7. The summed E-state index contributed by atoms with van der Waals surface area (Å²) >= 11 is 6.14. The Morgan fingerprint density at radius 3 is 2.67 bits per heavy atom. The smallest absolute Gasteiger partial charge is 0.335 e. The van der Waals surface area contributed by atoms with Gasteiger partial charge in [0.2, 0.25) is 0 Å². The normalized spacial score (nSPS) is 10.3. The van der Waals surface area contributed by atoms with Gasteiger partial charge in [-0.1, -0.05) is 42.8 Å². The summed E-state index contributed by atoms with van der Waals surface area (Å²) in [5, 5.41) is 9.57. The fraction of sp³-hybridized carbons (Fsp3) is 0.133. The summed E-state index contributed by atoms with van der Waals surface area (Å²) in [6.45, 7) is 2.08. The van der Waals surface area contributed by atoms with Crippen LogP contribution in [0.2, 0.25) is 5.02 Å². The third-order valence-corrected chi connectivity index (χ3v) is 3.19. The van der Waals surface area contributed by atoms with E-state index in [1.807, 2.05) is 24.3 Å². The fourth-order valence-corrected chi connectivity index (χ4v) is 2.06. The van der Waals surface area contributed by atoms with Crippen LogP contribution in [0.5, 0.6) is 0 Å². The van der Waals surface area contributed by atoms with Gasteiger partial charge < -0.3 is 5.11 Å². The predicted molar refractivity (Wildman–Crippen MR) is 73.2 cm³/mol. The Bertz CT molecular complexity index is 591. The summed E-state index contributed by atoms with van der Waals surface area (Å²) in [5.74, 6) is -0.945. The van der Waals surface area contributed by atoms with E-state index in [0.717, 1.165) is 17.5 Å². The lowest BCUT2D eigenvalue weighted by Gasteiger charge is -2.07. The quantitative estimate of drug-likeness (QED) is 0.895. The Morgan fingerprint density at radius 1 is 1.22 bits per heavy atom. The highest BCUT2D eigenvalue weighted by atomic mass is 35.5. The van der Waals surface area contributed by atoms with Crippen LogP contribution in [0.25, 0.3) is 11.1 Å². The fourth-order valence-electron chi connectivity index (χ4n) is 1.84. The molecule has 0 spiro atoms. The van der Waals surface area contributed by atoms with Crippen LogP contribution >= 0.6 is 11.6 Å². The van der Waals surface area contributed by atoms with Crippen LogP contribution in [-0.4, -0.2) is 11.1 Å². The largest absolute Gasteiger partial charge is 0.478 e. The summed E-state index contributed by atoms with van der Waals surface area (Å²) in [6.07, 6.45) is 0.935. The lowest BCUT2D eigenvalue weighted by Crippen LogP contribution is -1.96. The van der Waals surface area contributed by atoms with E-state index in [4.69, 9.17) is 16.7 Å². The van der Waals surface area contributed by atoms with Crippen molar-refractivity contribution < 1.29 is 9.90 Å². The van der Waals surface area contributed by atoms with Gasteiger partial charge in [-0.2, -0.15) is 0 Å². The van der Waals surface area contributed by atoms with E-state index >= 15 is 0 Å². The van der Waals surface area contributed by atoms with Crippen LogP contribution in [0, 0.1) is 0 Å². The minimum Gasteiger partial charge on any atom is -0.478 e. The zero-order chi connectivity index (χ0) is 13.1. The molecule has 0 saturated heterocycles. The summed E-state index contributed by atoms with van der Waals surface area (Å²) in [4.78, 5) is 11.0. The highest BCUT2D eigenvalue weighted by Gasteiger charge is 2.09. The molecule has 2 aromatic carbocycles. The minimum atomic E-state index is -0.945. The number of carboxylic acids is 1. The Labute approximate surface area is 111 Å². The molecular formula is C15H13ClO2. The van der Waals surface area contributed by atoms with Crippen LogP contribution in [-0.2, 0) is 6.42 Å². The van der Waals surface area contributed by atoms with Gasteiger partial charge in [0.25, 0.3) is 0 Å². The van der Waals surface area contributed by atoms with E-state index in [-0.39, 0.29) is 5.56 Å². The SMILES string of the molecule is CCc1cccc(-c2cc(C(=O)O)ccc2Cl)c1. The summed E-state index contributed by atoms with van der Waals surface area (Å²) in [6, 6.07) is 12.7. The third-order valence-electron chi connectivity index (χ3n) is 2.86. The molecule has 0 fully saturated rings. The van der Waals surface area contributed by atoms with E-state index in [0.29, 0.717) is 5.02 Å². The topological polar surface area (TPSA) is 37.3 Å². The molecular weight excluding hydrogens is 248 g/mol. The average Bonchev–Trinajstić information content (AvgIpc) is 2.39. The van der Waals surface area contributed by atoms with Gasteiger partial charge in [-0.15, -0.1) is 0 Å². The van der Waals surface area contributed by atoms with Crippen molar-refractivity contribution in [2.45, 2.75) is 13.3 Å². The first-order valence-electron chi connectivity index (χ1n) is 5.74. The van der Waals surface area contributed by atoms with Crippen molar-refractivity contribution in [3.63, 3.8) is 0 Å². The molecule has 0 bridgehead atoms. The van der Waals surface area contributed by atoms with E-state index in [2.05, 4.69) is 6.92 Å². The number of benzene rings is 2. The van der Waals surface area contributed by atoms with Gasteiger partial charge in [-0.3, -0.25) is 0 Å². The van der Waals surface area contributed by atoms with Crippen molar-refractivity contribution >= 4 is 17.6 Å². The third kappa shape index (κ3) is 2.54. The number of aromatic carboxylic acids is 1. The van der Waals surface area contributed by atoms with Crippen LogP contribution in [0.3, 0.4) is 0 Å². The monoisotopic (exact) mass is 260 g/mol.